The molecule has 0 aliphatic heterocycles. The minimum atomic E-state index is -0.397. The number of nitrogens with zero attached hydrogens (tertiary/aromatic N) is 1. The molecule has 0 fully saturated rings. The molecule has 0 bridgehead atoms. The molecule has 1 rings (SSSR count). The van der Waals surface area contributed by atoms with E-state index in [1.165, 1.54) is 18.2 Å². The van der Waals surface area contributed by atoms with Gasteiger partial charge in [-0.1, -0.05) is 6.07 Å². The molecule has 102 valence electrons. The summed E-state index contributed by atoms with van der Waals surface area (Å²) in [6.45, 7) is 4.82. The standard InChI is InChI=1S/C13H18FNO2.ClH/c1-10(2)15(7-8-17-3)13(16)11-5-4-6-12(14)9-11;/h4-6,9-10H,7-8H2,1-3H3;1H. The Morgan fingerprint density at radius 2 is 2.11 bits per heavy atom. The second-order valence-corrected chi connectivity index (χ2v) is 4.10. The highest BCUT2D eigenvalue weighted by molar-refractivity contribution is 5.94. The molecule has 1 aromatic rings. The van der Waals surface area contributed by atoms with E-state index < -0.39 is 5.82 Å². The van der Waals surface area contributed by atoms with Crippen LogP contribution in [-0.2, 0) is 4.74 Å². The summed E-state index contributed by atoms with van der Waals surface area (Å²) in [5.41, 5.74) is 0.370. The third kappa shape index (κ3) is 4.63. The molecule has 0 unspecified atom stereocenters. The monoisotopic (exact) mass is 275 g/mol. The predicted octanol–water partition coefficient (Wildman–Crippen LogP) is 2.74. The van der Waals surface area contributed by atoms with Gasteiger partial charge in [0.1, 0.15) is 5.82 Å². The highest BCUT2D eigenvalue weighted by Crippen LogP contribution is 2.10. The van der Waals surface area contributed by atoms with Crippen LogP contribution in [0.4, 0.5) is 4.39 Å². The van der Waals surface area contributed by atoms with Gasteiger partial charge in [0.2, 0.25) is 0 Å². The molecule has 0 saturated heterocycles. The average Bonchev–Trinajstić information content (AvgIpc) is 2.29. The predicted molar refractivity (Wildman–Crippen MR) is 71.7 cm³/mol. The molecule has 0 spiro atoms. The number of hydrogen-bond acceptors (Lipinski definition) is 2. The number of carbonyl (C=O) groups excluding carboxylic acids is 1. The molecule has 18 heavy (non-hydrogen) atoms. The van der Waals surface area contributed by atoms with Crippen LogP contribution in [0.25, 0.3) is 0 Å². The van der Waals surface area contributed by atoms with Gasteiger partial charge >= 0.3 is 0 Å². The van der Waals surface area contributed by atoms with Crippen molar-refractivity contribution in [1.29, 1.82) is 0 Å². The first-order valence-corrected chi connectivity index (χ1v) is 5.61. The molecule has 5 heteroatoms. The molecule has 0 saturated carbocycles. The van der Waals surface area contributed by atoms with Crippen LogP contribution in [0.15, 0.2) is 24.3 Å². The molecular formula is C13H19ClFNO2. The largest absolute Gasteiger partial charge is 0.383 e. The molecule has 0 heterocycles. The zero-order chi connectivity index (χ0) is 12.8. The Balaban J connectivity index is 0.00000289. The quantitative estimate of drug-likeness (QED) is 0.827. The number of hydrogen-bond donors (Lipinski definition) is 0. The molecule has 1 amide bonds. The molecule has 0 aliphatic carbocycles. The summed E-state index contributed by atoms with van der Waals surface area (Å²) in [6, 6.07) is 5.79. The zero-order valence-electron chi connectivity index (χ0n) is 10.9. The van der Waals surface area contributed by atoms with Crippen molar-refractivity contribution in [2.24, 2.45) is 0 Å². The van der Waals surface area contributed by atoms with Crippen LogP contribution in [0.5, 0.6) is 0 Å². The number of carbonyl (C=O) groups is 1. The molecule has 0 N–H and O–H groups in total. The van der Waals surface area contributed by atoms with E-state index in [1.807, 2.05) is 13.8 Å². The summed E-state index contributed by atoms with van der Waals surface area (Å²) < 4.78 is 18.0. The first-order chi connectivity index (χ1) is 8.06. The lowest BCUT2D eigenvalue weighted by Crippen LogP contribution is -2.39. The van der Waals surface area contributed by atoms with Crippen LogP contribution in [0.1, 0.15) is 24.2 Å². The van der Waals surface area contributed by atoms with Crippen molar-refractivity contribution >= 4 is 18.3 Å². The van der Waals surface area contributed by atoms with E-state index in [0.29, 0.717) is 18.7 Å². The maximum Gasteiger partial charge on any atom is 0.254 e. The SMILES string of the molecule is COCCN(C(=O)c1cccc(F)c1)C(C)C.Cl. The summed E-state index contributed by atoms with van der Waals surface area (Å²) in [6.07, 6.45) is 0. The van der Waals surface area contributed by atoms with Gasteiger partial charge in [0.15, 0.2) is 0 Å². The topological polar surface area (TPSA) is 29.5 Å². The smallest absolute Gasteiger partial charge is 0.254 e. The van der Waals surface area contributed by atoms with Crippen LogP contribution < -0.4 is 0 Å². The Morgan fingerprint density at radius 3 is 2.61 bits per heavy atom. The highest BCUT2D eigenvalue weighted by atomic mass is 35.5. The number of benzene rings is 1. The van der Waals surface area contributed by atoms with E-state index in [4.69, 9.17) is 4.74 Å². The van der Waals surface area contributed by atoms with Gasteiger partial charge in [-0.3, -0.25) is 4.79 Å². The van der Waals surface area contributed by atoms with E-state index in [0.717, 1.165) is 0 Å². The Kier molecular flexibility index (Phi) is 7.55. The number of halogens is 2. The lowest BCUT2D eigenvalue weighted by atomic mass is 10.1. The summed E-state index contributed by atoms with van der Waals surface area (Å²) in [5.74, 6) is -0.567. The van der Waals surface area contributed by atoms with Crippen LogP contribution >= 0.6 is 12.4 Å². The van der Waals surface area contributed by atoms with Crippen LogP contribution in [0.3, 0.4) is 0 Å². The van der Waals surface area contributed by atoms with Gasteiger partial charge in [-0.05, 0) is 32.0 Å². The third-order valence-corrected chi connectivity index (χ3v) is 2.49. The maximum atomic E-state index is 13.0. The molecule has 1 aromatic carbocycles. The summed E-state index contributed by atoms with van der Waals surface area (Å²) in [4.78, 5) is 13.8. The van der Waals surface area contributed by atoms with Crippen molar-refractivity contribution in [3.8, 4) is 0 Å². The highest BCUT2D eigenvalue weighted by Gasteiger charge is 2.18. The summed E-state index contributed by atoms with van der Waals surface area (Å²) >= 11 is 0. The van der Waals surface area contributed by atoms with E-state index in [1.54, 1.807) is 18.1 Å². The Labute approximate surface area is 113 Å². The van der Waals surface area contributed by atoms with Crippen molar-refractivity contribution in [2.45, 2.75) is 19.9 Å². The minimum Gasteiger partial charge on any atom is -0.383 e. The lowest BCUT2D eigenvalue weighted by Gasteiger charge is -2.26. The normalized spacial score (nSPS) is 10.1. The molecule has 0 aliphatic rings. The number of rotatable bonds is 5. The van der Waals surface area contributed by atoms with Gasteiger partial charge < -0.3 is 9.64 Å². The fraction of sp³-hybridized carbons (Fsp3) is 0.462. The van der Waals surface area contributed by atoms with Crippen LogP contribution in [-0.4, -0.2) is 37.1 Å². The van der Waals surface area contributed by atoms with Gasteiger partial charge in [0, 0.05) is 25.3 Å². The minimum absolute atomic E-state index is 0. The summed E-state index contributed by atoms with van der Waals surface area (Å²) in [5, 5.41) is 0. The van der Waals surface area contributed by atoms with Crippen LogP contribution in [0, 0.1) is 5.82 Å². The van der Waals surface area contributed by atoms with Crippen molar-refractivity contribution in [2.75, 3.05) is 20.3 Å². The lowest BCUT2D eigenvalue weighted by molar-refractivity contribution is 0.0634. The first-order valence-electron chi connectivity index (χ1n) is 5.61. The van der Waals surface area contributed by atoms with E-state index >= 15 is 0 Å². The molecular weight excluding hydrogens is 257 g/mol. The van der Waals surface area contributed by atoms with Gasteiger partial charge in [-0.15, -0.1) is 12.4 Å². The van der Waals surface area contributed by atoms with E-state index in [2.05, 4.69) is 0 Å². The Bertz CT molecular complexity index is 385. The maximum absolute atomic E-state index is 13.0. The number of methoxy groups -OCH3 is 1. The molecule has 0 aromatic heterocycles. The van der Waals surface area contributed by atoms with Crippen molar-refractivity contribution in [3.05, 3.63) is 35.6 Å². The fourth-order valence-corrected chi connectivity index (χ4v) is 1.57. The molecule has 3 nitrogen and oxygen atoms in total. The molecule has 0 radical (unpaired) electrons. The Morgan fingerprint density at radius 1 is 1.44 bits per heavy atom. The second kappa shape index (κ2) is 8.06. The average molecular weight is 276 g/mol. The molecule has 0 atom stereocenters. The number of ether oxygens (including phenoxy) is 1. The Hall–Kier alpha value is -1.13. The van der Waals surface area contributed by atoms with Crippen molar-refractivity contribution in [1.82, 2.24) is 4.90 Å². The van der Waals surface area contributed by atoms with Gasteiger partial charge in [0.25, 0.3) is 5.91 Å². The van der Waals surface area contributed by atoms with Crippen molar-refractivity contribution < 1.29 is 13.9 Å². The van der Waals surface area contributed by atoms with Gasteiger partial charge in [0.05, 0.1) is 6.61 Å². The first kappa shape index (κ1) is 16.9. The van der Waals surface area contributed by atoms with E-state index in [-0.39, 0.29) is 24.4 Å². The summed E-state index contributed by atoms with van der Waals surface area (Å²) in [7, 11) is 1.59. The van der Waals surface area contributed by atoms with Crippen LogP contribution in [0.2, 0.25) is 0 Å². The van der Waals surface area contributed by atoms with E-state index in [9.17, 15) is 9.18 Å². The third-order valence-electron chi connectivity index (χ3n) is 2.49. The second-order valence-electron chi connectivity index (χ2n) is 4.10. The van der Waals surface area contributed by atoms with Crippen molar-refractivity contribution in [3.63, 3.8) is 0 Å². The van der Waals surface area contributed by atoms with Gasteiger partial charge in [-0.25, -0.2) is 4.39 Å². The van der Waals surface area contributed by atoms with Gasteiger partial charge in [-0.2, -0.15) is 0 Å². The fourth-order valence-electron chi connectivity index (χ4n) is 1.57. The zero-order valence-corrected chi connectivity index (χ0v) is 11.7. The number of amides is 1.